The number of sulfonamides is 1. The molecule has 0 unspecified atom stereocenters. The van der Waals surface area contributed by atoms with Gasteiger partial charge in [-0.25, -0.2) is 8.42 Å². The second kappa shape index (κ2) is 5.60. The van der Waals surface area contributed by atoms with Crippen molar-refractivity contribution in [3.63, 3.8) is 0 Å². The van der Waals surface area contributed by atoms with Gasteiger partial charge in [-0.1, -0.05) is 12.1 Å². The molecule has 0 bridgehead atoms. The molecule has 106 valence electrons. The largest absolute Gasteiger partial charge is 0.326 e. The molecule has 0 aliphatic heterocycles. The second-order valence-corrected chi connectivity index (χ2v) is 6.25. The van der Waals surface area contributed by atoms with Crippen molar-refractivity contribution in [1.82, 2.24) is 4.98 Å². The van der Waals surface area contributed by atoms with E-state index in [0.717, 1.165) is 11.3 Å². The fourth-order valence-electron chi connectivity index (χ4n) is 1.96. The van der Waals surface area contributed by atoms with Crippen molar-refractivity contribution in [3.05, 3.63) is 53.3 Å². The predicted octanol–water partition coefficient (Wildman–Crippen LogP) is 1.96. The summed E-state index contributed by atoms with van der Waals surface area (Å²) in [5.41, 5.74) is 8.37. The number of nitrogens with two attached hydrogens (primary N) is 1. The molecule has 6 heteroatoms. The van der Waals surface area contributed by atoms with Crippen LogP contribution in [0.15, 0.2) is 41.4 Å². The number of nitrogens with one attached hydrogen (secondary N) is 1. The minimum Gasteiger partial charge on any atom is -0.326 e. The minimum absolute atomic E-state index is 0.254. The van der Waals surface area contributed by atoms with Crippen LogP contribution in [-0.4, -0.2) is 13.4 Å². The molecule has 2 rings (SSSR count). The van der Waals surface area contributed by atoms with Gasteiger partial charge in [0.25, 0.3) is 10.0 Å². The molecule has 0 radical (unpaired) electrons. The van der Waals surface area contributed by atoms with Gasteiger partial charge in [0.1, 0.15) is 0 Å². The zero-order valence-electron chi connectivity index (χ0n) is 11.4. The number of aromatic nitrogens is 1. The Bertz CT molecular complexity index is 727. The first-order valence-corrected chi connectivity index (χ1v) is 7.66. The average Bonchev–Trinajstić information content (AvgIpc) is 2.37. The third-order valence-electron chi connectivity index (χ3n) is 2.91. The fourth-order valence-corrected chi connectivity index (χ4v) is 3.24. The highest BCUT2D eigenvalue weighted by atomic mass is 32.2. The lowest BCUT2D eigenvalue weighted by atomic mass is 10.1. The lowest BCUT2D eigenvalue weighted by molar-refractivity contribution is 0.600. The van der Waals surface area contributed by atoms with Gasteiger partial charge in [0.2, 0.25) is 0 Å². The quantitative estimate of drug-likeness (QED) is 0.901. The number of hydrogen-bond donors (Lipinski definition) is 2. The van der Waals surface area contributed by atoms with Crippen LogP contribution >= 0.6 is 0 Å². The Morgan fingerprint density at radius 1 is 1.20 bits per heavy atom. The van der Waals surface area contributed by atoms with Gasteiger partial charge >= 0.3 is 0 Å². The smallest absolute Gasteiger partial charge is 0.262 e. The molecule has 0 atom stereocenters. The van der Waals surface area contributed by atoms with E-state index in [-0.39, 0.29) is 4.90 Å². The fraction of sp³-hybridized carbons (Fsp3) is 0.214. The maximum absolute atomic E-state index is 12.4. The van der Waals surface area contributed by atoms with Crippen molar-refractivity contribution in [1.29, 1.82) is 0 Å². The number of pyridine rings is 1. The molecule has 0 saturated carbocycles. The molecule has 5 nitrogen and oxygen atoms in total. The monoisotopic (exact) mass is 291 g/mol. The average molecular weight is 291 g/mol. The zero-order chi connectivity index (χ0) is 14.8. The van der Waals surface area contributed by atoms with Crippen LogP contribution in [0.4, 0.5) is 5.69 Å². The van der Waals surface area contributed by atoms with E-state index in [1.54, 1.807) is 50.4 Å². The molecule has 0 aliphatic rings. The normalized spacial score (nSPS) is 11.3. The molecule has 0 saturated heterocycles. The molecule has 0 amide bonds. The molecule has 3 N–H and O–H groups in total. The van der Waals surface area contributed by atoms with Crippen LogP contribution in [-0.2, 0) is 16.6 Å². The summed E-state index contributed by atoms with van der Waals surface area (Å²) < 4.78 is 27.3. The van der Waals surface area contributed by atoms with Crippen molar-refractivity contribution >= 4 is 15.7 Å². The van der Waals surface area contributed by atoms with E-state index >= 15 is 0 Å². The van der Waals surface area contributed by atoms with Gasteiger partial charge in [0, 0.05) is 18.4 Å². The van der Waals surface area contributed by atoms with Gasteiger partial charge in [-0.3, -0.25) is 9.71 Å². The van der Waals surface area contributed by atoms with Gasteiger partial charge in [-0.05, 0) is 43.2 Å². The third kappa shape index (κ3) is 3.15. The Morgan fingerprint density at radius 3 is 2.55 bits per heavy atom. The summed E-state index contributed by atoms with van der Waals surface area (Å²) in [6.45, 7) is 3.95. The number of rotatable bonds is 4. The van der Waals surface area contributed by atoms with E-state index in [9.17, 15) is 8.42 Å². The third-order valence-corrected chi connectivity index (χ3v) is 4.45. The van der Waals surface area contributed by atoms with E-state index in [1.165, 1.54) is 0 Å². The number of nitrogens with zero attached hydrogens (tertiary/aromatic N) is 1. The maximum atomic E-state index is 12.4. The van der Waals surface area contributed by atoms with Gasteiger partial charge in [-0.2, -0.15) is 0 Å². The van der Waals surface area contributed by atoms with E-state index < -0.39 is 10.0 Å². The Balaban J connectivity index is 2.36. The number of hydrogen-bond acceptors (Lipinski definition) is 4. The topological polar surface area (TPSA) is 85.1 Å². The van der Waals surface area contributed by atoms with Crippen LogP contribution in [0.25, 0.3) is 0 Å². The molecule has 1 aromatic heterocycles. The Hall–Kier alpha value is -1.92. The molecule has 0 fully saturated rings. The number of anilines is 1. The molecule has 0 spiro atoms. The van der Waals surface area contributed by atoms with Gasteiger partial charge in [0.15, 0.2) is 0 Å². The lowest BCUT2D eigenvalue weighted by Gasteiger charge is -2.11. The van der Waals surface area contributed by atoms with Crippen LogP contribution in [0, 0.1) is 13.8 Å². The van der Waals surface area contributed by atoms with Crippen LogP contribution in [0.1, 0.15) is 16.8 Å². The van der Waals surface area contributed by atoms with Crippen LogP contribution in [0.5, 0.6) is 0 Å². The predicted molar refractivity (Wildman–Crippen MR) is 78.9 cm³/mol. The van der Waals surface area contributed by atoms with Crippen molar-refractivity contribution in [2.75, 3.05) is 4.72 Å². The zero-order valence-corrected chi connectivity index (χ0v) is 12.2. The number of aryl methyl sites for hydroxylation is 2. The summed E-state index contributed by atoms with van der Waals surface area (Å²) in [6.07, 6.45) is 1.57. The van der Waals surface area contributed by atoms with Gasteiger partial charge in [0.05, 0.1) is 10.6 Å². The van der Waals surface area contributed by atoms with Gasteiger partial charge in [-0.15, -0.1) is 0 Å². The van der Waals surface area contributed by atoms with E-state index in [0.29, 0.717) is 17.8 Å². The van der Waals surface area contributed by atoms with E-state index in [2.05, 4.69) is 9.71 Å². The van der Waals surface area contributed by atoms with Crippen molar-refractivity contribution in [2.45, 2.75) is 25.3 Å². The first kappa shape index (κ1) is 14.5. The highest BCUT2D eigenvalue weighted by Crippen LogP contribution is 2.20. The molecule has 20 heavy (non-hydrogen) atoms. The molecular weight excluding hydrogens is 274 g/mol. The first-order chi connectivity index (χ1) is 9.42. The van der Waals surface area contributed by atoms with Crippen LogP contribution in [0.3, 0.4) is 0 Å². The van der Waals surface area contributed by atoms with E-state index in [4.69, 9.17) is 5.73 Å². The Kier molecular flexibility index (Phi) is 4.06. The standard InChI is InChI=1S/C14H17N3O2S/c1-10-7-12(9-15)3-4-14(10)20(18,19)17-13-5-6-16-11(2)8-13/h3-8H,9,15H2,1-2H3,(H,16,17). The summed E-state index contributed by atoms with van der Waals surface area (Å²) in [5, 5.41) is 0. The maximum Gasteiger partial charge on any atom is 0.262 e. The SMILES string of the molecule is Cc1cc(NS(=O)(=O)c2ccc(CN)cc2C)ccn1. The summed E-state index contributed by atoms with van der Waals surface area (Å²) in [7, 11) is -3.60. The second-order valence-electron chi connectivity index (χ2n) is 4.60. The molecular formula is C14H17N3O2S. The lowest BCUT2D eigenvalue weighted by Crippen LogP contribution is -2.14. The number of benzene rings is 1. The Morgan fingerprint density at radius 2 is 1.95 bits per heavy atom. The van der Waals surface area contributed by atoms with Crippen molar-refractivity contribution in [3.8, 4) is 0 Å². The summed E-state index contributed by atoms with van der Waals surface area (Å²) in [5.74, 6) is 0. The van der Waals surface area contributed by atoms with Gasteiger partial charge < -0.3 is 5.73 Å². The highest BCUT2D eigenvalue weighted by molar-refractivity contribution is 7.92. The molecule has 0 aliphatic carbocycles. The summed E-state index contributed by atoms with van der Waals surface area (Å²) >= 11 is 0. The van der Waals surface area contributed by atoms with E-state index in [1.807, 2.05) is 0 Å². The minimum atomic E-state index is -3.60. The summed E-state index contributed by atoms with van der Waals surface area (Å²) in [4.78, 5) is 4.29. The van der Waals surface area contributed by atoms with Crippen molar-refractivity contribution < 1.29 is 8.42 Å². The molecule has 1 heterocycles. The van der Waals surface area contributed by atoms with Crippen molar-refractivity contribution in [2.24, 2.45) is 5.73 Å². The summed E-state index contributed by atoms with van der Waals surface area (Å²) in [6, 6.07) is 8.38. The van der Waals surface area contributed by atoms with Crippen LogP contribution < -0.4 is 10.5 Å². The van der Waals surface area contributed by atoms with Crippen LogP contribution in [0.2, 0.25) is 0 Å². The molecule has 2 aromatic rings. The molecule has 1 aromatic carbocycles. The Labute approximate surface area is 118 Å². The first-order valence-electron chi connectivity index (χ1n) is 6.17. The highest BCUT2D eigenvalue weighted by Gasteiger charge is 2.17.